The van der Waals surface area contributed by atoms with Crippen molar-refractivity contribution < 1.29 is 9.53 Å². The predicted octanol–water partition coefficient (Wildman–Crippen LogP) is 5.15. The molecule has 0 radical (unpaired) electrons. The van der Waals surface area contributed by atoms with Crippen molar-refractivity contribution in [2.45, 2.75) is 6.92 Å². The molecule has 3 heteroatoms. The Balaban J connectivity index is 1.92. The molecule has 1 aliphatic rings. The van der Waals surface area contributed by atoms with E-state index < -0.39 is 0 Å². The van der Waals surface area contributed by atoms with Crippen molar-refractivity contribution in [3.63, 3.8) is 0 Å². The summed E-state index contributed by atoms with van der Waals surface area (Å²) in [6, 6.07) is 16.9. The lowest BCUT2D eigenvalue weighted by molar-refractivity contribution is 0.0522. The van der Waals surface area contributed by atoms with Crippen LogP contribution in [0.3, 0.4) is 0 Å². The fraction of sp³-hybridized carbons (Fsp3) is 0.0952. The summed E-state index contributed by atoms with van der Waals surface area (Å²) in [5.74, 6) is -0.304. The number of esters is 1. The van der Waals surface area contributed by atoms with Crippen molar-refractivity contribution in [1.29, 1.82) is 0 Å². The maximum absolute atomic E-state index is 12.3. The van der Waals surface area contributed by atoms with Gasteiger partial charge >= 0.3 is 5.97 Å². The molecule has 1 heterocycles. The molecule has 3 aromatic carbocycles. The first-order valence-electron chi connectivity index (χ1n) is 8.13. The number of rotatable bonds is 2. The van der Waals surface area contributed by atoms with Crippen molar-refractivity contribution in [3.05, 3.63) is 60.4 Å². The summed E-state index contributed by atoms with van der Waals surface area (Å²) in [7, 11) is 0. The second-order valence-electron chi connectivity index (χ2n) is 6.04. The Kier molecular flexibility index (Phi) is 2.63. The van der Waals surface area contributed by atoms with E-state index in [4.69, 9.17) is 4.74 Å². The Morgan fingerprint density at radius 3 is 2.46 bits per heavy atom. The molecule has 3 nitrogen and oxygen atoms in total. The zero-order valence-electron chi connectivity index (χ0n) is 13.2. The SMILES string of the molecule is CCOC(=O)c1[nH]cc2c1cc1c3c(cccc32)-c2ccccc2-1. The van der Waals surface area contributed by atoms with Crippen LogP contribution in [-0.4, -0.2) is 17.6 Å². The number of fused-ring (bicyclic) bond motifs is 5. The molecular formula is C21H15NO2. The van der Waals surface area contributed by atoms with Gasteiger partial charge in [-0.05, 0) is 46.0 Å². The van der Waals surface area contributed by atoms with Crippen molar-refractivity contribution >= 4 is 27.5 Å². The lowest BCUT2D eigenvalue weighted by Crippen LogP contribution is -2.05. The number of ether oxygens (including phenoxy) is 1. The van der Waals surface area contributed by atoms with E-state index in [-0.39, 0.29) is 5.97 Å². The van der Waals surface area contributed by atoms with E-state index in [1.165, 1.54) is 33.0 Å². The van der Waals surface area contributed by atoms with Crippen LogP contribution in [0.5, 0.6) is 0 Å². The third-order valence-electron chi connectivity index (χ3n) is 4.82. The highest BCUT2D eigenvalue weighted by atomic mass is 16.5. The minimum atomic E-state index is -0.304. The molecule has 0 saturated heterocycles. The third kappa shape index (κ3) is 1.59. The van der Waals surface area contributed by atoms with Gasteiger partial charge in [0, 0.05) is 17.0 Å². The van der Waals surface area contributed by atoms with Crippen LogP contribution in [0.4, 0.5) is 0 Å². The van der Waals surface area contributed by atoms with Gasteiger partial charge in [0.25, 0.3) is 0 Å². The molecule has 24 heavy (non-hydrogen) atoms. The fourth-order valence-electron chi connectivity index (χ4n) is 3.85. The smallest absolute Gasteiger partial charge is 0.355 e. The van der Waals surface area contributed by atoms with Gasteiger partial charge in [-0.1, -0.05) is 42.5 Å². The van der Waals surface area contributed by atoms with E-state index in [1.807, 2.05) is 13.1 Å². The van der Waals surface area contributed by atoms with Gasteiger partial charge < -0.3 is 9.72 Å². The average Bonchev–Trinajstić information content (AvgIpc) is 3.18. The topological polar surface area (TPSA) is 42.1 Å². The molecule has 4 aromatic rings. The first-order valence-corrected chi connectivity index (χ1v) is 8.13. The molecule has 0 bridgehead atoms. The third-order valence-corrected chi connectivity index (χ3v) is 4.82. The maximum atomic E-state index is 12.3. The van der Waals surface area contributed by atoms with Gasteiger partial charge in [0.05, 0.1) is 6.61 Å². The Labute approximate surface area is 138 Å². The molecule has 0 amide bonds. The molecule has 0 aliphatic heterocycles. The van der Waals surface area contributed by atoms with Gasteiger partial charge in [-0.25, -0.2) is 4.79 Å². The Morgan fingerprint density at radius 2 is 1.67 bits per heavy atom. The highest BCUT2D eigenvalue weighted by Crippen LogP contribution is 2.49. The van der Waals surface area contributed by atoms with Gasteiger partial charge in [-0.2, -0.15) is 0 Å². The highest BCUT2D eigenvalue weighted by Gasteiger charge is 2.24. The van der Waals surface area contributed by atoms with Gasteiger partial charge in [-0.15, -0.1) is 0 Å². The number of carbonyl (C=O) groups excluding carboxylic acids is 1. The average molecular weight is 313 g/mol. The quantitative estimate of drug-likeness (QED) is 0.458. The Hall–Kier alpha value is -3.07. The summed E-state index contributed by atoms with van der Waals surface area (Å²) in [5, 5.41) is 4.42. The van der Waals surface area contributed by atoms with Crippen LogP contribution in [0.2, 0.25) is 0 Å². The second-order valence-corrected chi connectivity index (χ2v) is 6.04. The largest absolute Gasteiger partial charge is 0.461 e. The minimum Gasteiger partial charge on any atom is -0.461 e. The molecule has 1 aliphatic carbocycles. The summed E-state index contributed by atoms with van der Waals surface area (Å²) in [6.07, 6.45) is 1.91. The molecule has 0 spiro atoms. The number of benzene rings is 3. The Bertz CT molecular complexity index is 1140. The van der Waals surface area contributed by atoms with Crippen molar-refractivity contribution in [2.24, 2.45) is 0 Å². The van der Waals surface area contributed by atoms with Crippen LogP contribution in [0.15, 0.2) is 54.7 Å². The molecule has 0 unspecified atom stereocenters. The van der Waals surface area contributed by atoms with Crippen molar-refractivity contribution in [3.8, 4) is 22.3 Å². The highest BCUT2D eigenvalue weighted by molar-refractivity contribution is 6.25. The van der Waals surface area contributed by atoms with Crippen LogP contribution in [0.25, 0.3) is 43.8 Å². The first-order chi connectivity index (χ1) is 11.8. The maximum Gasteiger partial charge on any atom is 0.355 e. The summed E-state index contributed by atoms with van der Waals surface area (Å²) in [6.45, 7) is 2.19. The number of carbonyl (C=O) groups is 1. The van der Waals surface area contributed by atoms with Crippen molar-refractivity contribution in [2.75, 3.05) is 6.61 Å². The second kappa shape index (κ2) is 4.71. The molecule has 0 fully saturated rings. The molecule has 0 atom stereocenters. The molecule has 5 rings (SSSR count). The zero-order chi connectivity index (χ0) is 16.3. The summed E-state index contributed by atoms with van der Waals surface area (Å²) < 4.78 is 5.19. The zero-order valence-corrected chi connectivity index (χ0v) is 13.2. The molecule has 116 valence electrons. The number of nitrogens with one attached hydrogen (secondary N) is 1. The summed E-state index contributed by atoms with van der Waals surface area (Å²) in [4.78, 5) is 15.4. The van der Waals surface area contributed by atoms with E-state index in [0.717, 1.165) is 10.8 Å². The van der Waals surface area contributed by atoms with E-state index in [2.05, 4.69) is 53.5 Å². The van der Waals surface area contributed by atoms with Gasteiger partial charge in [0.15, 0.2) is 0 Å². The monoisotopic (exact) mass is 313 g/mol. The number of aromatic nitrogens is 1. The number of hydrogen-bond donors (Lipinski definition) is 1. The molecular weight excluding hydrogens is 298 g/mol. The lowest BCUT2D eigenvalue weighted by Gasteiger charge is -2.06. The van der Waals surface area contributed by atoms with Crippen molar-refractivity contribution in [1.82, 2.24) is 4.98 Å². The fourth-order valence-corrected chi connectivity index (χ4v) is 3.85. The normalized spacial score (nSPS) is 11.9. The first kappa shape index (κ1) is 13.4. The van der Waals surface area contributed by atoms with Gasteiger partial charge in [0.1, 0.15) is 5.69 Å². The van der Waals surface area contributed by atoms with Crippen LogP contribution in [-0.2, 0) is 4.74 Å². The molecule has 1 N–H and O–H groups in total. The lowest BCUT2D eigenvalue weighted by atomic mass is 9.98. The molecule has 1 aromatic heterocycles. The van der Waals surface area contributed by atoms with Crippen LogP contribution in [0, 0.1) is 0 Å². The van der Waals surface area contributed by atoms with Crippen LogP contribution in [0.1, 0.15) is 17.4 Å². The van der Waals surface area contributed by atoms with Crippen LogP contribution < -0.4 is 0 Å². The standard InChI is InChI=1S/C21H15NO2/c1-2-24-21(23)20-17-10-16-13-7-4-3-6-12(13)14-8-5-9-15(19(14)16)18(17)11-22-20/h3-11,22H,2H2,1H3. The minimum absolute atomic E-state index is 0.304. The summed E-state index contributed by atoms with van der Waals surface area (Å²) in [5.41, 5.74) is 5.46. The van der Waals surface area contributed by atoms with E-state index in [0.29, 0.717) is 12.3 Å². The number of aromatic amines is 1. The van der Waals surface area contributed by atoms with E-state index in [1.54, 1.807) is 0 Å². The van der Waals surface area contributed by atoms with E-state index >= 15 is 0 Å². The summed E-state index contributed by atoms with van der Waals surface area (Å²) >= 11 is 0. The Morgan fingerprint density at radius 1 is 0.917 bits per heavy atom. The van der Waals surface area contributed by atoms with Crippen LogP contribution >= 0.6 is 0 Å². The number of H-pyrrole nitrogens is 1. The van der Waals surface area contributed by atoms with E-state index in [9.17, 15) is 4.79 Å². The molecule has 0 saturated carbocycles. The van der Waals surface area contributed by atoms with Gasteiger partial charge in [0.2, 0.25) is 0 Å². The van der Waals surface area contributed by atoms with Gasteiger partial charge in [-0.3, -0.25) is 0 Å². The predicted molar refractivity (Wildman–Crippen MR) is 96.2 cm³/mol. The number of hydrogen-bond acceptors (Lipinski definition) is 2.